The fourth-order valence-electron chi connectivity index (χ4n) is 2.61. The number of allylic oxidation sites excluding steroid dienone is 1. The largest absolute Gasteiger partial charge is 0.486 e. The van der Waals surface area contributed by atoms with E-state index in [4.69, 9.17) is 27.9 Å². The van der Waals surface area contributed by atoms with E-state index in [1.807, 2.05) is 61.5 Å². The molecule has 0 saturated heterocycles. The van der Waals surface area contributed by atoms with Crippen LogP contribution in [0.25, 0.3) is 11.6 Å². The van der Waals surface area contributed by atoms with Gasteiger partial charge in [-0.15, -0.1) is 0 Å². The van der Waals surface area contributed by atoms with Crippen molar-refractivity contribution in [1.82, 2.24) is 0 Å². The summed E-state index contributed by atoms with van der Waals surface area (Å²) in [6, 6.07) is 23.3. The first-order valence-corrected chi connectivity index (χ1v) is 9.17. The Balaban J connectivity index is 1.83. The number of ether oxygens (including phenoxy) is 1. The zero-order valence-corrected chi connectivity index (χ0v) is 16.3. The van der Waals surface area contributed by atoms with Crippen LogP contribution in [0.15, 0.2) is 66.7 Å². The van der Waals surface area contributed by atoms with Crippen LogP contribution in [0, 0.1) is 18.3 Å². The van der Waals surface area contributed by atoms with E-state index in [2.05, 4.69) is 6.07 Å². The van der Waals surface area contributed by atoms with E-state index in [0.717, 1.165) is 16.7 Å². The van der Waals surface area contributed by atoms with Crippen molar-refractivity contribution in [2.24, 2.45) is 0 Å². The predicted octanol–water partition coefficient (Wildman–Crippen LogP) is 6.95. The SMILES string of the molecule is Cc1ccc(COc2c(Cl)cc(/C=C(\C#N)c3ccccc3)cc2Cl)cc1. The molecule has 0 saturated carbocycles. The van der Waals surface area contributed by atoms with Crippen LogP contribution in [0.2, 0.25) is 10.0 Å². The standard InChI is InChI=1S/C23H17Cl2NO/c1-16-7-9-17(10-8-16)15-27-23-21(24)12-18(13-22(23)25)11-20(14-26)19-5-3-2-4-6-19/h2-13H,15H2,1H3/b20-11+. The Bertz CT molecular complexity index is 980. The summed E-state index contributed by atoms with van der Waals surface area (Å²) in [5.41, 5.74) is 4.35. The summed E-state index contributed by atoms with van der Waals surface area (Å²) < 4.78 is 5.81. The Morgan fingerprint density at radius 2 is 1.63 bits per heavy atom. The Kier molecular flexibility index (Phi) is 6.19. The molecule has 0 heterocycles. The van der Waals surface area contributed by atoms with Crippen molar-refractivity contribution < 1.29 is 4.74 Å². The third-order valence-corrected chi connectivity index (χ3v) is 4.60. The minimum Gasteiger partial charge on any atom is -0.486 e. The topological polar surface area (TPSA) is 33.0 Å². The van der Waals surface area contributed by atoms with Crippen LogP contribution >= 0.6 is 23.2 Å². The molecule has 0 radical (unpaired) electrons. The summed E-state index contributed by atoms with van der Waals surface area (Å²) in [6.45, 7) is 2.41. The highest BCUT2D eigenvalue weighted by molar-refractivity contribution is 6.37. The average Bonchev–Trinajstić information content (AvgIpc) is 2.67. The van der Waals surface area contributed by atoms with Gasteiger partial charge in [-0.25, -0.2) is 0 Å². The van der Waals surface area contributed by atoms with E-state index < -0.39 is 0 Å². The Morgan fingerprint density at radius 1 is 1.00 bits per heavy atom. The van der Waals surface area contributed by atoms with Gasteiger partial charge < -0.3 is 4.74 Å². The van der Waals surface area contributed by atoms with Gasteiger partial charge in [-0.3, -0.25) is 0 Å². The van der Waals surface area contributed by atoms with Crippen molar-refractivity contribution in [3.8, 4) is 11.8 Å². The Hall–Kier alpha value is -2.73. The van der Waals surface area contributed by atoms with E-state index in [-0.39, 0.29) is 0 Å². The van der Waals surface area contributed by atoms with Crippen molar-refractivity contribution >= 4 is 34.9 Å². The van der Waals surface area contributed by atoms with Gasteiger partial charge in [0.1, 0.15) is 6.61 Å². The molecule has 0 atom stereocenters. The van der Waals surface area contributed by atoms with Crippen molar-refractivity contribution in [1.29, 1.82) is 5.26 Å². The van der Waals surface area contributed by atoms with Crippen LogP contribution in [-0.4, -0.2) is 0 Å². The molecule has 0 bridgehead atoms. The van der Waals surface area contributed by atoms with Gasteiger partial charge in [-0.1, -0.05) is 83.4 Å². The van der Waals surface area contributed by atoms with Crippen molar-refractivity contribution in [2.75, 3.05) is 0 Å². The fourth-order valence-corrected chi connectivity index (χ4v) is 3.22. The highest BCUT2D eigenvalue weighted by atomic mass is 35.5. The second kappa shape index (κ2) is 8.77. The van der Waals surface area contributed by atoms with Crippen LogP contribution < -0.4 is 4.74 Å². The van der Waals surface area contributed by atoms with Gasteiger partial charge >= 0.3 is 0 Å². The number of hydrogen-bond acceptors (Lipinski definition) is 2. The first-order chi connectivity index (χ1) is 13.1. The molecule has 0 unspecified atom stereocenters. The number of hydrogen-bond donors (Lipinski definition) is 0. The minimum atomic E-state index is 0.377. The van der Waals surface area contributed by atoms with Crippen LogP contribution in [0.1, 0.15) is 22.3 Å². The zero-order valence-electron chi connectivity index (χ0n) is 14.7. The molecule has 0 amide bonds. The van der Waals surface area contributed by atoms with E-state index in [1.54, 1.807) is 18.2 Å². The van der Waals surface area contributed by atoms with Gasteiger partial charge in [-0.05, 0) is 41.8 Å². The third kappa shape index (κ3) is 4.92. The van der Waals surface area contributed by atoms with Crippen LogP contribution in [0.4, 0.5) is 0 Å². The first-order valence-electron chi connectivity index (χ1n) is 8.41. The maximum atomic E-state index is 9.45. The molecule has 27 heavy (non-hydrogen) atoms. The molecule has 3 rings (SSSR count). The zero-order chi connectivity index (χ0) is 19.2. The van der Waals surface area contributed by atoms with Crippen LogP contribution in [-0.2, 0) is 6.61 Å². The van der Waals surface area contributed by atoms with E-state index >= 15 is 0 Å². The summed E-state index contributed by atoms with van der Waals surface area (Å²) in [5, 5.41) is 10.3. The number of nitriles is 1. The fraction of sp³-hybridized carbons (Fsp3) is 0.0870. The number of halogens is 2. The quantitative estimate of drug-likeness (QED) is 0.347. The van der Waals surface area contributed by atoms with Crippen LogP contribution in [0.3, 0.4) is 0 Å². The summed E-state index contributed by atoms with van der Waals surface area (Å²) in [4.78, 5) is 0. The molecule has 0 aliphatic rings. The molecule has 0 aliphatic heterocycles. The van der Waals surface area contributed by atoms with E-state index in [9.17, 15) is 5.26 Å². The Morgan fingerprint density at radius 3 is 2.22 bits per heavy atom. The predicted molar refractivity (Wildman–Crippen MR) is 112 cm³/mol. The molecule has 0 aliphatic carbocycles. The number of benzene rings is 3. The molecular weight excluding hydrogens is 377 g/mol. The molecule has 0 N–H and O–H groups in total. The van der Waals surface area contributed by atoms with Gasteiger partial charge in [0.05, 0.1) is 21.7 Å². The van der Waals surface area contributed by atoms with E-state index in [0.29, 0.717) is 28.0 Å². The monoisotopic (exact) mass is 393 g/mol. The molecule has 0 fully saturated rings. The molecular formula is C23H17Cl2NO. The highest BCUT2D eigenvalue weighted by Gasteiger charge is 2.10. The highest BCUT2D eigenvalue weighted by Crippen LogP contribution is 2.36. The van der Waals surface area contributed by atoms with Gasteiger partial charge in [0.2, 0.25) is 0 Å². The second-order valence-electron chi connectivity index (χ2n) is 6.12. The number of aryl methyl sites for hydroxylation is 1. The van der Waals surface area contributed by atoms with Crippen molar-refractivity contribution in [3.63, 3.8) is 0 Å². The average molecular weight is 394 g/mol. The van der Waals surface area contributed by atoms with Crippen molar-refractivity contribution in [3.05, 3.63) is 99.0 Å². The first kappa shape index (κ1) is 19.0. The molecule has 4 heteroatoms. The van der Waals surface area contributed by atoms with Gasteiger partial charge in [0.25, 0.3) is 0 Å². The lowest BCUT2D eigenvalue weighted by Crippen LogP contribution is -1.97. The van der Waals surface area contributed by atoms with Crippen molar-refractivity contribution in [2.45, 2.75) is 13.5 Å². The smallest absolute Gasteiger partial charge is 0.157 e. The Labute approximate surface area is 169 Å². The molecule has 3 aromatic carbocycles. The molecule has 0 aromatic heterocycles. The summed E-state index contributed by atoms with van der Waals surface area (Å²) >= 11 is 12.8. The maximum absolute atomic E-state index is 9.45. The summed E-state index contributed by atoms with van der Waals surface area (Å²) in [6.07, 6.45) is 1.76. The van der Waals surface area contributed by atoms with Gasteiger partial charge in [-0.2, -0.15) is 5.26 Å². The number of nitrogens with zero attached hydrogens (tertiary/aromatic N) is 1. The molecule has 134 valence electrons. The minimum absolute atomic E-state index is 0.377. The molecule has 2 nitrogen and oxygen atoms in total. The van der Waals surface area contributed by atoms with Crippen LogP contribution in [0.5, 0.6) is 5.75 Å². The lowest BCUT2D eigenvalue weighted by atomic mass is 10.0. The molecule has 0 spiro atoms. The lowest BCUT2D eigenvalue weighted by molar-refractivity contribution is 0.306. The van der Waals surface area contributed by atoms with E-state index in [1.165, 1.54) is 5.56 Å². The summed E-state index contributed by atoms with van der Waals surface area (Å²) in [5.74, 6) is 0.439. The van der Waals surface area contributed by atoms with Gasteiger partial charge in [0.15, 0.2) is 5.75 Å². The number of rotatable bonds is 5. The summed E-state index contributed by atoms with van der Waals surface area (Å²) in [7, 11) is 0. The van der Waals surface area contributed by atoms with Gasteiger partial charge in [0, 0.05) is 0 Å². The normalized spacial score (nSPS) is 11.1. The second-order valence-corrected chi connectivity index (χ2v) is 6.94. The molecule has 3 aromatic rings. The lowest BCUT2D eigenvalue weighted by Gasteiger charge is -2.11. The third-order valence-electron chi connectivity index (χ3n) is 4.04. The maximum Gasteiger partial charge on any atom is 0.157 e.